The number of allylic oxidation sites excluding steroid dienone is 4. The summed E-state index contributed by atoms with van der Waals surface area (Å²) in [6.45, 7) is 0. The first-order valence-electron chi connectivity index (χ1n) is 3.83. The fraction of sp³-hybridized carbons (Fsp3) is 0.556. The number of hydrogen-bond donors (Lipinski definition) is 0. The Morgan fingerprint density at radius 3 is 2.91 bits per heavy atom. The third-order valence-electron chi connectivity index (χ3n) is 1.72. The number of ether oxygens (including phenoxy) is 1. The Bertz CT molecular complexity index is 150. The first-order chi connectivity index (χ1) is 4.93. The largest absolute Gasteiger partial charge is 0.501 e. The van der Waals surface area contributed by atoms with E-state index in [1.54, 1.807) is 7.11 Å². The molecule has 2 heteroatoms. The van der Waals surface area contributed by atoms with E-state index in [1.807, 2.05) is 0 Å². The maximum absolute atomic E-state index is 5.14. The second kappa shape index (κ2) is 6.63. The van der Waals surface area contributed by atoms with Crippen molar-refractivity contribution in [3.8, 4) is 0 Å². The molecule has 65 valence electrons. The van der Waals surface area contributed by atoms with Crippen molar-refractivity contribution in [2.45, 2.75) is 25.7 Å². The monoisotopic (exact) mass is 331 g/mol. The number of rotatable bonds is 1. The zero-order valence-electron chi connectivity index (χ0n) is 6.80. The van der Waals surface area contributed by atoms with Crippen molar-refractivity contribution in [2.24, 2.45) is 0 Å². The predicted molar refractivity (Wildman–Crippen MR) is 42.7 cm³/mol. The fourth-order valence-electron chi connectivity index (χ4n) is 1.09. The third-order valence-corrected chi connectivity index (χ3v) is 1.72. The van der Waals surface area contributed by atoms with Gasteiger partial charge in [0.1, 0.15) is 0 Å². The van der Waals surface area contributed by atoms with Crippen molar-refractivity contribution in [3.63, 3.8) is 0 Å². The molecule has 0 heterocycles. The van der Waals surface area contributed by atoms with Gasteiger partial charge in [-0.05, 0) is 25.3 Å². The van der Waals surface area contributed by atoms with E-state index in [9.17, 15) is 0 Å². The van der Waals surface area contributed by atoms with E-state index in [-0.39, 0.29) is 20.1 Å². The summed E-state index contributed by atoms with van der Waals surface area (Å²) < 4.78 is 5.14. The zero-order chi connectivity index (χ0) is 7.23. The average Bonchev–Trinajstić information content (AvgIpc) is 1.87. The van der Waals surface area contributed by atoms with Crippen molar-refractivity contribution in [1.82, 2.24) is 0 Å². The Labute approximate surface area is 81.9 Å². The summed E-state index contributed by atoms with van der Waals surface area (Å²) in [6, 6.07) is 0. The molecule has 0 aromatic heterocycles. The van der Waals surface area contributed by atoms with Crippen LogP contribution >= 0.6 is 0 Å². The minimum atomic E-state index is 0. The van der Waals surface area contributed by atoms with Crippen molar-refractivity contribution < 1.29 is 24.8 Å². The molecule has 0 N–H and O–H groups in total. The van der Waals surface area contributed by atoms with Crippen LogP contribution < -0.4 is 0 Å². The first kappa shape index (κ1) is 10.9. The Hall–Kier alpha value is -0.0706. The summed E-state index contributed by atoms with van der Waals surface area (Å²) in [5.74, 6) is 1.11. The Morgan fingerprint density at radius 2 is 2.18 bits per heavy atom. The molecule has 11 heavy (non-hydrogen) atoms. The van der Waals surface area contributed by atoms with Gasteiger partial charge in [-0.2, -0.15) is 0 Å². The summed E-state index contributed by atoms with van der Waals surface area (Å²) in [6.07, 6.45) is 11.2. The molecule has 0 bridgehead atoms. The molecule has 0 unspecified atom stereocenters. The van der Waals surface area contributed by atoms with Crippen molar-refractivity contribution >= 4 is 0 Å². The second-order valence-electron chi connectivity index (χ2n) is 2.51. The first-order valence-corrected chi connectivity index (χ1v) is 3.83. The van der Waals surface area contributed by atoms with Crippen LogP contribution in [0.4, 0.5) is 0 Å². The molecule has 1 radical (unpaired) electrons. The van der Waals surface area contributed by atoms with Crippen LogP contribution in [0.25, 0.3) is 0 Å². The Kier molecular flexibility index (Phi) is 6.59. The maximum atomic E-state index is 5.14. The van der Waals surface area contributed by atoms with Gasteiger partial charge in [0.2, 0.25) is 0 Å². The zero-order valence-corrected chi connectivity index (χ0v) is 9.20. The molecule has 0 aromatic carbocycles. The predicted octanol–water partition coefficient (Wildman–Crippen LogP) is 2.64. The Balaban J connectivity index is 0.000001000. The van der Waals surface area contributed by atoms with Gasteiger partial charge in [0.05, 0.1) is 12.9 Å². The van der Waals surface area contributed by atoms with E-state index in [1.165, 1.54) is 19.3 Å². The van der Waals surface area contributed by atoms with Crippen LogP contribution in [0.1, 0.15) is 25.7 Å². The standard InChI is InChI=1S/C9H14O.Ir/c1-10-9-7-5-3-2-4-6-8-9;/h3,5,7H,2,4,6,8H2,1H3;. The minimum absolute atomic E-state index is 0. The van der Waals surface area contributed by atoms with Gasteiger partial charge in [0, 0.05) is 26.5 Å². The number of methoxy groups -OCH3 is 1. The maximum Gasteiger partial charge on any atom is 0.0955 e. The van der Waals surface area contributed by atoms with Gasteiger partial charge in [-0.1, -0.05) is 12.2 Å². The molecule has 1 nitrogen and oxygen atoms in total. The summed E-state index contributed by atoms with van der Waals surface area (Å²) in [4.78, 5) is 0. The molecule has 0 spiro atoms. The van der Waals surface area contributed by atoms with Crippen molar-refractivity contribution in [3.05, 3.63) is 24.0 Å². The Morgan fingerprint density at radius 1 is 1.36 bits per heavy atom. The van der Waals surface area contributed by atoms with E-state index in [0.717, 1.165) is 12.2 Å². The third kappa shape index (κ3) is 4.39. The molecule has 0 saturated heterocycles. The van der Waals surface area contributed by atoms with Crippen LogP contribution in [-0.2, 0) is 24.8 Å². The topological polar surface area (TPSA) is 9.23 Å². The SMILES string of the molecule is COC1=CC=CCCCC1.[Ir]. The van der Waals surface area contributed by atoms with E-state index >= 15 is 0 Å². The molecule has 0 fully saturated rings. The molecular weight excluding hydrogens is 316 g/mol. The van der Waals surface area contributed by atoms with Crippen LogP contribution in [0, 0.1) is 0 Å². The van der Waals surface area contributed by atoms with E-state index < -0.39 is 0 Å². The smallest absolute Gasteiger partial charge is 0.0955 e. The van der Waals surface area contributed by atoms with Crippen LogP contribution in [-0.4, -0.2) is 7.11 Å². The quantitative estimate of drug-likeness (QED) is 0.718. The molecule has 0 amide bonds. The van der Waals surface area contributed by atoms with E-state index in [4.69, 9.17) is 4.74 Å². The summed E-state index contributed by atoms with van der Waals surface area (Å²) in [7, 11) is 1.74. The minimum Gasteiger partial charge on any atom is -0.501 e. The van der Waals surface area contributed by atoms with Gasteiger partial charge in [-0.25, -0.2) is 0 Å². The fourth-order valence-corrected chi connectivity index (χ4v) is 1.09. The number of hydrogen-bond acceptors (Lipinski definition) is 1. The van der Waals surface area contributed by atoms with Crippen LogP contribution in [0.2, 0.25) is 0 Å². The van der Waals surface area contributed by atoms with Crippen molar-refractivity contribution in [1.29, 1.82) is 0 Å². The molecule has 1 aliphatic carbocycles. The van der Waals surface area contributed by atoms with Crippen LogP contribution in [0.15, 0.2) is 24.0 Å². The van der Waals surface area contributed by atoms with Crippen LogP contribution in [0.5, 0.6) is 0 Å². The van der Waals surface area contributed by atoms with Gasteiger partial charge in [0.15, 0.2) is 0 Å². The molecule has 0 atom stereocenters. The summed E-state index contributed by atoms with van der Waals surface area (Å²) >= 11 is 0. The van der Waals surface area contributed by atoms with Gasteiger partial charge in [0.25, 0.3) is 0 Å². The van der Waals surface area contributed by atoms with Crippen molar-refractivity contribution in [2.75, 3.05) is 7.11 Å². The molecule has 0 aliphatic heterocycles. The normalized spacial score (nSPS) is 17.4. The average molecular weight is 330 g/mol. The van der Waals surface area contributed by atoms with Gasteiger partial charge in [-0.3, -0.25) is 0 Å². The summed E-state index contributed by atoms with van der Waals surface area (Å²) in [5.41, 5.74) is 0. The molecule has 0 saturated carbocycles. The van der Waals surface area contributed by atoms with Gasteiger partial charge in [-0.15, -0.1) is 0 Å². The molecule has 1 aliphatic rings. The molecule has 0 aromatic rings. The van der Waals surface area contributed by atoms with E-state index in [2.05, 4.69) is 18.2 Å². The van der Waals surface area contributed by atoms with Crippen LogP contribution in [0.3, 0.4) is 0 Å². The molecular formula is C9H14IrO. The van der Waals surface area contributed by atoms with Gasteiger partial charge < -0.3 is 4.74 Å². The molecule has 1 rings (SSSR count). The van der Waals surface area contributed by atoms with Gasteiger partial charge >= 0.3 is 0 Å². The second-order valence-corrected chi connectivity index (χ2v) is 2.51. The summed E-state index contributed by atoms with van der Waals surface area (Å²) in [5, 5.41) is 0. The van der Waals surface area contributed by atoms with E-state index in [0.29, 0.717) is 0 Å².